The smallest absolute Gasteiger partial charge is 0.178 e. The summed E-state index contributed by atoms with van der Waals surface area (Å²) < 4.78 is 7.68. The van der Waals surface area contributed by atoms with Crippen molar-refractivity contribution in [2.24, 2.45) is 0 Å². The van der Waals surface area contributed by atoms with Crippen LogP contribution in [0.3, 0.4) is 0 Å². The molecule has 146 valence electrons. The van der Waals surface area contributed by atoms with Gasteiger partial charge < -0.3 is 9.30 Å². The second kappa shape index (κ2) is 7.54. The fourth-order valence-corrected chi connectivity index (χ4v) is 5.05. The molecule has 0 radical (unpaired) electrons. The van der Waals surface area contributed by atoms with Crippen LogP contribution in [0.1, 0.15) is 53.0 Å². The molecule has 2 aromatic rings. The lowest BCUT2D eigenvalue weighted by atomic mass is 9.98. The summed E-state index contributed by atoms with van der Waals surface area (Å²) in [5.74, 6) is 0.195. The zero-order valence-electron chi connectivity index (χ0n) is 16.8. The maximum absolute atomic E-state index is 13.2. The van der Waals surface area contributed by atoms with Crippen LogP contribution in [-0.2, 0) is 4.74 Å². The third kappa shape index (κ3) is 3.28. The third-order valence-electron chi connectivity index (χ3n) is 6.49. The Kier molecular flexibility index (Phi) is 5.09. The Morgan fingerprint density at radius 3 is 2.39 bits per heavy atom. The number of ketones is 1. The number of hydrogen-bond acceptors (Lipinski definition) is 4. The molecule has 1 aromatic carbocycles. The van der Waals surface area contributed by atoms with Crippen molar-refractivity contribution in [3.05, 3.63) is 52.8 Å². The first-order chi connectivity index (χ1) is 13.5. The van der Waals surface area contributed by atoms with Crippen molar-refractivity contribution in [3.8, 4) is 11.8 Å². The molecule has 0 amide bonds. The van der Waals surface area contributed by atoms with Crippen LogP contribution in [0.15, 0.2) is 30.3 Å². The van der Waals surface area contributed by atoms with Crippen LogP contribution in [0.2, 0.25) is 0 Å². The molecule has 0 saturated carbocycles. The van der Waals surface area contributed by atoms with Crippen molar-refractivity contribution in [1.82, 2.24) is 9.47 Å². The molecule has 2 aliphatic heterocycles. The highest BCUT2D eigenvalue weighted by Crippen LogP contribution is 2.37. The van der Waals surface area contributed by atoms with Gasteiger partial charge in [-0.2, -0.15) is 5.26 Å². The lowest BCUT2D eigenvalue weighted by molar-refractivity contribution is 0.00723. The van der Waals surface area contributed by atoms with E-state index < -0.39 is 0 Å². The van der Waals surface area contributed by atoms with E-state index in [0.29, 0.717) is 30.3 Å². The minimum Gasteiger partial charge on any atom is -0.381 e. The minimum absolute atomic E-state index is 0.195. The van der Waals surface area contributed by atoms with E-state index >= 15 is 0 Å². The number of aryl methyl sites for hydroxylation is 1. The fraction of sp³-hybridized carbons (Fsp3) is 0.478. The van der Waals surface area contributed by atoms with Gasteiger partial charge in [0.15, 0.2) is 5.78 Å². The summed E-state index contributed by atoms with van der Waals surface area (Å²) in [5, 5.41) is 9.01. The number of fused-ring (bicyclic) bond motifs is 2. The number of rotatable bonds is 5. The molecule has 3 heterocycles. The van der Waals surface area contributed by atoms with E-state index in [-0.39, 0.29) is 5.78 Å². The summed E-state index contributed by atoms with van der Waals surface area (Å²) in [6.45, 7) is 4.52. The summed E-state index contributed by atoms with van der Waals surface area (Å²) in [5.41, 5.74) is 4.42. The third-order valence-corrected chi connectivity index (χ3v) is 6.49. The number of hydrogen-bond donors (Lipinski definition) is 0. The maximum Gasteiger partial charge on any atom is 0.178 e. The summed E-state index contributed by atoms with van der Waals surface area (Å²) in [6, 6.07) is 12.6. The van der Waals surface area contributed by atoms with Crippen LogP contribution in [0, 0.1) is 25.2 Å². The van der Waals surface area contributed by atoms with Gasteiger partial charge in [0.1, 0.15) is 0 Å². The van der Waals surface area contributed by atoms with Crippen LogP contribution < -0.4 is 0 Å². The van der Waals surface area contributed by atoms with Crippen LogP contribution in [0.4, 0.5) is 0 Å². The van der Waals surface area contributed by atoms with E-state index in [2.05, 4.69) is 15.5 Å². The molecule has 5 nitrogen and oxygen atoms in total. The molecule has 5 heteroatoms. The van der Waals surface area contributed by atoms with Gasteiger partial charge in [0.2, 0.25) is 0 Å². The molecule has 2 saturated heterocycles. The molecule has 1 aromatic heterocycles. The molecule has 2 fully saturated rings. The molecular weight excluding hydrogens is 350 g/mol. The Balaban J connectivity index is 1.55. The van der Waals surface area contributed by atoms with Gasteiger partial charge in [0, 0.05) is 41.8 Å². The van der Waals surface area contributed by atoms with E-state index in [9.17, 15) is 4.79 Å². The van der Waals surface area contributed by atoms with Crippen LogP contribution >= 0.6 is 0 Å². The van der Waals surface area contributed by atoms with Crippen LogP contribution in [0.5, 0.6) is 0 Å². The van der Waals surface area contributed by atoms with E-state index in [1.165, 1.54) is 12.8 Å². The minimum atomic E-state index is 0.195. The molecule has 2 aliphatic rings. The first-order valence-electron chi connectivity index (χ1n) is 10.0. The van der Waals surface area contributed by atoms with Gasteiger partial charge in [-0.25, -0.2) is 0 Å². The van der Waals surface area contributed by atoms with E-state index in [1.807, 2.05) is 44.2 Å². The van der Waals surface area contributed by atoms with Gasteiger partial charge in [0.25, 0.3) is 0 Å². The van der Waals surface area contributed by atoms with Crippen molar-refractivity contribution >= 4 is 5.78 Å². The van der Waals surface area contributed by atoms with Crippen molar-refractivity contribution in [2.75, 3.05) is 13.7 Å². The number of nitriles is 1. The highest BCUT2D eigenvalue weighted by molar-refractivity contribution is 5.99. The van der Waals surface area contributed by atoms with Gasteiger partial charge in [-0.3, -0.25) is 9.69 Å². The second-order valence-electron chi connectivity index (χ2n) is 8.09. The molecule has 28 heavy (non-hydrogen) atoms. The van der Waals surface area contributed by atoms with Gasteiger partial charge in [-0.1, -0.05) is 0 Å². The Bertz CT molecular complexity index is 909. The normalized spacial score (nSPS) is 24.3. The largest absolute Gasteiger partial charge is 0.381 e. The number of methoxy groups -OCH3 is 1. The summed E-state index contributed by atoms with van der Waals surface area (Å²) in [7, 11) is 1.79. The van der Waals surface area contributed by atoms with E-state index in [4.69, 9.17) is 10.00 Å². The molecule has 2 bridgehead atoms. The average molecular weight is 377 g/mol. The fourth-order valence-electron chi connectivity index (χ4n) is 5.05. The lowest BCUT2D eigenvalue weighted by Crippen LogP contribution is -2.47. The van der Waals surface area contributed by atoms with E-state index in [1.54, 1.807) is 7.11 Å². The standard InChI is InChI=1S/C23H27N3O2/c1-15-10-22(16(2)26(15)18-6-4-17(13-24)5-7-18)23(27)14-25-19-8-9-20(25)12-21(11-19)28-3/h4-7,10,19-21H,8-9,11-12,14H2,1-3H3/t19-,20+,21+. The topological polar surface area (TPSA) is 58.3 Å². The molecule has 0 N–H and O–H groups in total. The van der Waals surface area contributed by atoms with Crippen LogP contribution in [-0.4, -0.2) is 47.1 Å². The van der Waals surface area contributed by atoms with Crippen molar-refractivity contribution in [2.45, 2.75) is 57.7 Å². The van der Waals surface area contributed by atoms with Crippen molar-refractivity contribution in [1.29, 1.82) is 5.26 Å². The Morgan fingerprint density at radius 1 is 1.18 bits per heavy atom. The van der Waals surface area contributed by atoms with Crippen molar-refractivity contribution < 1.29 is 9.53 Å². The van der Waals surface area contributed by atoms with Gasteiger partial charge in [0.05, 0.1) is 24.3 Å². The van der Waals surface area contributed by atoms with Crippen molar-refractivity contribution in [3.63, 3.8) is 0 Å². The van der Waals surface area contributed by atoms with Gasteiger partial charge in [-0.05, 0) is 69.9 Å². The predicted molar refractivity (Wildman–Crippen MR) is 108 cm³/mol. The number of piperidine rings is 1. The highest BCUT2D eigenvalue weighted by atomic mass is 16.5. The summed E-state index contributed by atoms with van der Waals surface area (Å²) in [6.07, 6.45) is 4.74. The monoisotopic (exact) mass is 377 g/mol. The number of benzene rings is 1. The number of aromatic nitrogens is 1. The quantitative estimate of drug-likeness (QED) is 0.744. The number of nitrogens with zero attached hydrogens (tertiary/aromatic N) is 3. The zero-order chi connectivity index (χ0) is 19.8. The molecule has 0 aliphatic carbocycles. The molecule has 0 unspecified atom stereocenters. The van der Waals surface area contributed by atoms with Gasteiger partial charge in [-0.15, -0.1) is 0 Å². The Hall–Kier alpha value is -2.42. The number of ether oxygens (including phenoxy) is 1. The SMILES string of the molecule is CO[C@H]1C[C@H]2CC[C@@H](C1)N2CC(=O)c1cc(C)n(-c2ccc(C#N)cc2)c1C. The molecule has 4 rings (SSSR count). The van der Waals surface area contributed by atoms with E-state index in [0.717, 1.165) is 35.5 Å². The predicted octanol–water partition coefficient (Wildman–Crippen LogP) is 3.79. The first kappa shape index (κ1) is 18.9. The summed E-state index contributed by atoms with van der Waals surface area (Å²) in [4.78, 5) is 15.6. The second-order valence-corrected chi connectivity index (χ2v) is 8.09. The Morgan fingerprint density at radius 2 is 1.82 bits per heavy atom. The number of carbonyl (C=O) groups is 1. The lowest BCUT2D eigenvalue weighted by Gasteiger charge is -2.37. The maximum atomic E-state index is 13.2. The summed E-state index contributed by atoms with van der Waals surface area (Å²) >= 11 is 0. The Labute approximate surface area is 166 Å². The zero-order valence-corrected chi connectivity index (χ0v) is 16.8. The van der Waals surface area contributed by atoms with Gasteiger partial charge >= 0.3 is 0 Å². The van der Waals surface area contributed by atoms with Crippen LogP contribution in [0.25, 0.3) is 5.69 Å². The average Bonchev–Trinajstić information content (AvgIpc) is 3.12. The number of carbonyl (C=O) groups excluding carboxylic acids is 1. The molecule has 0 spiro atoms. The number of Topliss-reactive ketones (excluding diaryl/α,β-unsaturated/α-hetero) is 1. The highest BCUT2D eigenvalue weighted by Gasteiger charge is 2.41. The first-order valence-corrected chi connectivity index (χ1v) is 10.0. The molecule has 3 atom stereocenters. The molecular formula is C23H27N3O2.